The number of carbonyl (C=O) groups is 1. The number of aromatic nitrogens is 1. The number of aliphatic hydroxyl groups excluding tert-OH is 3. The van der Waals surface area contributed by atoms with Crippen molar-refractivity contribution in [2.24, 2.45) is 5.92 Å². The van der Waals surface area contributed by atoms with E-state index in [0.717, 1.165) is 6.07 Å². The summed E-state index contributed by atoms with van der Waals surface area (Å²) < 4.78 is 18.6. The number of allylic oxidation sites excluding steroid dienone is 1. The summed E-state index contributed by atoms with van der Waals surface area (Å²) in [7, 11) is 0. The number of anilines is 1. The smallest absolute Gasteiger partial charge is 0.336 e. The lowest BCUT2D eigenvalue weighted by molar-refractivity contribution is -0.167. The Hall–Kier alpha value is -4.91. The number of aromatic hydroxyl groups is 2. The summed E-state index contributed by atoms with van der Waals surface area (Å²) in [6.45, 7) is 1.62. The predicted octanol–water partition coefficient (Wildman–Crippen LogP) is 2.74. The van der Waals surface area contributed by atoms with Crippen molar-refractivity contribution in [3.63, 3.8) is 0 Å². The van der Waals surface area contributed by atoms with Gasteiger partial charge < -0.3 is 45.2 Å². The molecule has 45 heavy (non-hydrogen) atoms. The Morgan fingerprint density at radius 3 is 2.60 bits per heavy atom. The number of benzene rings is 2. The Labute approximate surface area is 257 Å². The van der Waals surface area contributed by atoms with Crippen molar-refractivity contribution in [1.29, 1.82) is 0 Å². The highest BCUT2D eigenvalue weighted by atomic mass is 16.6. The molecule has 0 amide bonds. The number of pyridine rings is 1. The van der Waals surface area contributed by atoms with E-state index >= 15 is 0 Å². The van der Waals surface area contributed by atoms with Gasteiger partial charge in [0, 0.05) is 30.2 Å². The molecule has 2 aromatic heterocycles. The van der Waals surface area contributed by atoms with E-state index in [1.807, 2.05) is 0 Å². The van der Waals surface area contributed by atoms with Crippen LogP contribution in [0.4, 0.5) is 5.82 Å². The van der Waals surface area contributed by atoms with Gasteiger partial charge in [-0.1, -0.05) is 24.3 Å². The number of nitrogens with zero attached hydrogens (tertiary/aromatic N) is 1. The molecule has 2 aromatic carbocycles. The maximum absolute atomic E-state index is 13.3. The third kappa shape index (κ3) is 5.82. The van der Waals surface area contributed by atoms with Crippen LogP contribution in [0.15, 0.2) is 69.5 Å². The standard InChI is InChI=1S/C33H34N2O10/c1-3-18(14-36)32(42)44-25-12-23-29(41)28-24(40)11-22(16-38)43-31(28)27(19-5-4-6-21(39)10-19)30(23)45-33(25,2)20(15-37)9-17-7-8-26(34)35-13-17/h3-8,10-11,13,20,25,36-39,41H,9,12,14-16H2,1-2H3,(H2,34,35)/b18-3-/t20-,25+,33-/m0/s1. The number of aliphatic hydroxyl groups is 3. The molecule has 1 aliphatic heterocycles. The van der Waals surface area contributed by atoms with E-state index in [9.17, 15) is 35.1 Å². The van der Waals surface area contributed by atoms with Crippen LogP contribution in [0.2, 0.25) is 0 Å². The van der Waals surface area contributed by atoms with Gasteiger partial charge in [-0.05, 0) is 49.6 Å². The molecular formula is C33H34N2O10. The molecule has 12 nitrogen and oxygen atoms in total. The average molecular weight is 619 g/mol. The molecule has 5 rings (SSSR count). The third-order valence-corrected chi connectivity index (χ3v) is 8.28. The minimum Gasteiger partial charge on any atom is -0.508 e. The van der Waals surface area contributed by atoms with Crippen molar-refractivity contribution < 1.29 is 44.2 Å². The highest BCUT2D eigenvalue weighted by molar-refractivity contribution is 6.01. The van der Waals surface area contributed by atoms with E-state index in [4.69, 9.17) is 19.6 Å². The fourth-order valence-corrected chi connectivity index (χ4v) is 5.70. The second-order valence-electron chi connectivity index (χ2n) is 11.1. The Morgan fingerprint density at radius 2 is 1.98 bits per heavy atom. The fraction of sp³-hybridized carbons (Fsp3) is 0.303. The van der Waals surface area contributed by atoms with Crippen molar-refractivity contribution in [3.05, 3.63) is 87.4 Å². The summed E-state index contributed by atoms with van der Waals surface area (Å²) in [5.41, 5.74) is 4.95. The molecule has 236 valence electrons. The second-order valence-corrected chi connectivity index (χ2v) is 11.1. The zero-order chi connectivity index (χ0) is 32.5. The molecule has 0 unspecified atom stereocenters. The highest BCUT2D eigenvalue weighted by Gasteiger charge is 2.51. The van der Waals surface area contributed by atoms with Gasteiger partial charge in [0.2, 0.25) is 0 Å². The zero-order valence-corrected chi connectivity index (χ0v) is 24.7. The Bertz CT molecular complexity index is 1830. The Balaban J connectivity index is 1.78. The van der Waals surface area contributed by atoms with Crippen molar-refractivity contribution in [1.82, 2.24) is 4.98 Å². The number of fused-ring (bicyclic) bond motifs is 2. The van der Waals surface area contributed by atoms with E-state index < -0.39 is 54.6 Å². The summed E-state index contributed by atoms with van der Waals surface area (Å²) in [4.78, 5) is 30.5. The van der Waals surface area contributed by atoms with Crippen LogP contribution in [0.3, 0.4) is 0 Å². The average Bonchev–Trinajstić information content (AvgIpc) is 3.02. The molecule has 0 aliphatic carbocycles. The summed E-state index contributed by atoms with van der Waals surface area (Å²) in [6.07, 6.45) is 1.89. The Kier molecular flexibility index (Phi) is 8.82. The maximum atomic E-state index is 13.3. The van der Waals surface area contributed by atoms with Crippen molar-refractivity contribution in [3.8, 4) is 28.4 Å². The molecule has 0 saturated heterocycles. The minimum atomic E-state index is -1.48. The zero-order valence-electron chi connectivity index (χ0n) is 24.7. The number of carbonyl (C=O) groups excluding carboxylic acids is 1. The maximum Gasteiger partial charge on any atom is 0.336 e. The van der Waals surface area contributed by atoms with Crippen molar-refractivity contribution >= 4 is 22.8 Å². The van der Waals surface area contributed by atoms with Crippen LogP contribution in [0.1, 0.15) is 30.7 Å². The van der Waals surface area contributed by atoms with E-state index in [1.54, 1.807) is 44.3 Å². The molecule has 0 bridgehead atoms. The lowest BCUT2D eigenvalue weighted by Crippen LogP contribution is -2.57. The third-order valence-electron chi connectivity index (χ3n) is 8.28. The molecule has 0 radical (unpaired) electrons. The highest BCUT2D eigenvalue weighted by Crippen LogP contribution is 2.52. The van der Waals surface area contributed by atoms with Gasteiger partial charge in [-0.25, -0.2) is 9.78 Å². The molecule has 4 aromatic rings. The van der Waals surface area contributed by atoms with E-state index in [2.05, 4.69) is 4.98 Å². The van der Waals surface area contributed by atoms with Crippen molar-refractivity contribution in [2.75, 3.05) is 18.9 Å². The number of hydrogen-bond acceptors (Lipinski definition) is 12. The van der Waals surface area contributed by atoms with Crippen LogP contribution in [-0.2, 0) is 29.0 Å². The van der Waals surface area contributed by atoms with Gasteiger partial charge in [0.05, 0.1) is 24.4 Å². The van der Waals surface area contributed by atoms with Gasteiger partial charge in [0.1, 0.15) is 52.5 Å². The van der Waals surface area contributed by atoms with Crippen molar-refractivity contribution in [2.45, 2.75) is 45.0 Å². The summed E-state index contributed by atoms with van der Waals surface area (Å²) in [5.74, 6) is -1.81. The van der Waals surface area contributed by atoms with Gasteiger partial charge in [0.15, 0.2) is 11.0 Å². The van der Waals surface area contributed by atoms with Crippen LogP contribution < -0.4 is 15.9 Å². The number of rotatable bonds is 9. The second kappa shape index (κ2) is 12.6. The molecule has 12 heteroatoms. The SMILES string of the molecule is C/C=C(/CO)C(=O)O[C@@H]1Cc2c(c(-c3cccc(O)c3)c3oc(CO)cc(=O)c3c2O)O[C@@]1(C)[C@H](CO)Cc1ccc(N)nc1. The molecule has 3 heterocycles. The number of hydrogen-bond donors (Lipinski definition) is 6. The quantitative estimate of drug-likeness (QED) is 0.118. The molecule has 7 N–H and O–H groups in total. The largest absolute Gasteiger partial charge is 0.508 e. The van der Waals surface area contributed by atoms with E-state index in [0.29, 0.717) is 16.9 Å². The number of ether oxygens (including phenoxy) is 2. The van der Waals surface area contributed by atoms with Crippen LogP contribution in [-0.4, -0.2) is 61.4 Å². The Morgan fingerprint density at radius 1 is 1.20 bits per heavy atom. The van der Waals surface area contributed by atoms with Crippen LogP contribution in [0.25, 0.3) is 22.1 Å². The van der Waals surface area contributed by atoms with Gasteiger partial charge in [0.25, 0.3) is 0 Å². The topological polar surface area (TPSA) is 206 Å². The van der Waals surface area contributed by atoms with E-state index in [1.165, 1.54) is 18.2 Å². The van der Waals surface area contributed by atoms with Crippen LogP contribution >= 0.6 is 0 Å². The summed E-state index contributed by atoms with van der Waals surface area (Å²) >= 11 is 0. The molecule has 0 saturated carbocycles. The molecule has 3 atom stereocenters. The first-order valence-electron chi connectivity index (χ1n) is 14.3. The van der Waals surface area contributed by atoms with E-state index in [-0.39, 0.29) is 57.8 Å². The first kappa shape index (κ1) is 31.5. The molecular weight excluding hydrogens is 584 g/mol. The van der Waals surface area contributed by atoms with Gasteiger partial charge in [-0.3, -0.25) is 4.79 Å². The number of phenols is 2. The van der Waals surface area contributed by atoms with Gasteiger partial charge in [-0.15, -0.1) is 0 Å². The first-order valence-corrected chi connectivity index (χ1v) is 14.3. The molecule has 0 fully saturated rings. The molecule has 0 spiro atoms. The number of nitrogen functional groups attached to an aromatic ring is 1. The minimum absolute atomic E-state index is 0.00760. The monoisotopic (exact) mass is 618 g/mol. The number of nitrogens with two attached hydrogens (primary N) is 1. The number of esters is 1. The lowest BCUT2D eigenvalue weighted by Gasteiger charge is -2.46. The predicted molar refractivity (Wildman–Crippen MR) is 164 cm³/mol. The summed E-state index contributed by atoms with van der Waals surface area (Å²) in [5, 5.41) is 52.0. The number of phenolic OH excluding ortho intramolecular Hbond substituents is 2. The van der Waals surface area contributed by atoms with Gasteiger partial charge >= 0.3 is 5.97 Å². The van der Waals surface area contributed by atoms with Gasteiger partial charge in [-0.2, -0.15) is 0 Å². The van der Waals surface area contributed by atoms with Crippen LogP contribution in [0, 0.1) is 5.92 Å². The lowest BCUT2D eigenvalue weighted by atomic mass is 9.76. The molecule has 1 aliphatic rings. The first-order chi connectivity index (χ1) is 21.5. The fourth-order valence-electron chi connectivity index (χ4n) is 5.70. The van der Waals surface area contributed by atoms with Crippen LogP contribution in [0.5, 0.6) is 17.2 Å². The normalized spacial score (nSPS) is 18.7. The summed E-state index contributed by atoms with van der Waals surface area (Å²) in [6, 6.07) is 10.5.